The average Bonchev–Trinajstić information content (AvgIpc) is 3.18. The van der Waals surface area contributed by atoms with Crippen LogP contribution in [0, 0.1) is 11.8 Å². The smallest absolute Gasteiger partial charge is 0.223 e. The number of ether oxygens (including phenoxy) is 2. The van der Waals surface area contributed by atoms with Gasteiger partial charge in [-0.3, -0.25) is 4.79 Å². The molecule has 2 aliphatic rings. The van der Waals surface area contributed by atoms with Gasteiger partial charge in [0.1, 0.15) is 0 Å². The normalized spacial score (nSPS) is 22.3. The van der Waals surface area contributed by atoms with Crippen LogP contribution in [0.15, 0.2) is 18.2 Å². The SMILES string of the molecule is COc1ccc(C2CCCN2C(=O)CC(C)C2CCNCC2)cc1OC. The highest BCUT2D eigenvalue weighted by molar-refractivity contribution is 5.77. The lowest BCUT2D eigenvalue weighted by Crippen LogP contribution is -2.35. The standard InChI is InChI=1S/C21H32N2O3/c1-15(16-8-10-22-11-9-16)13-21(24)23-12-4-5-18(23)17-6-7-19(25-2)20(14-17)26-3/h6-7,14-16,18,22H,4-5,8-13H2,1-3H3. The second kappa shape index (κ2) is 8.76. The van der Waals surface area contributed by atoms with E-state index in [1.54, 1.807) is 14.2 Å². The highest BCUT2D eigenvalue weighted by atomic mass is 16.5. The Balaban J connectivity index is 1.68. The molecule has 2 aliphatic heterocycles. The minimum Gasteiger partial charge on any atom is -0.493 e. The van der Waals surface area contributed by atoms with Gasteiger partial charge >= 0.3 is 0 Å². The van der Waals surface area contributed by atoms with E-state index < -0.39 is 0 Å². The number of nitrogens with one attached hydrogen (secondary N) is 1. The van der Waals surface area contributed by atoms with Crippen LogP contribution in [0.2, 0.25) is 0 Å². The van der Waals surface area contributed by atoms with Gasteiger partial charge in [0.25, 0.3) is 0 Å². The number of carbonyl (C=O) groups is 1. The van der Waals surface area contributed by atoms with E-state index in [-0.39, 0.29) is 6.04 Å². The van der Waals surface area contributed by atoms with Crippen molar-refractivity contribution in [3.63, 3.8) is 0 Å². The fraction of sp³-hybridized carbons (Fsp3) is 0.667. The number of piperidine rings is 1. The maximum Gasteiger partial charge on any atom is 0.223 e. The van der Waals surface area contributed by atoms with E-state index in [4.69, 9.17) is 9.47 Å². The van der Waals surface area contributed by atoms with Crippen molar-refractivity contribution < 1.29 is 14.3 Å². The Kier molecular flexibility index (Phi) is 6.41. The minimum atomic E-state index is 0.155. The van der Waals surface area contributed by atoms with Crippen molar-refractivity contribution in [1.29, 1.82) is 0 Å². The summed E-state index contributed by atoms with van der Waals surface area (Å²) < 4.78 is 10.8. The number of methoxy groups -OCH3 is 2. The largest absolute Gasteiger partial charge is 0.493 e. The van der Waals surface area contributed by atoms with Crippen LogP contribution in [-0.2, 0) is 4.79 Å². The molecule has 3 rings (SSSR count). The molecule has 2 atom stereocenters. The highest BCUT2D eigenvalue weighted by Gasteiger charge is 2.32. The lowest BCUT2D eigenvalue weighted by molar-refractivity contribution is -0.133. The molecule has 1 aromatic carbocycles. The number of rotatable bonds is 6. The Bertz CT molecular complexity index is 613. The fourth-order valence-electron chi connectivity index (χ4n) is 4.44. The summed E-state index contributed by atoms with van der Waals surface area (Å²) in [5, 5.41) is 3.41. The number of nitrogens with zero attached hydrogens (tertiary/aromatic N) is 1. The van der Waals surface area contributed by atoms with Crippen molar-refractivity contribution in [1.82, 2.24) is 10.2 Å². The first-order valence-electron chi connectivity index (χ1n) is 9.86. The first kappa shape index (κ1) is 19.0. The molecule has 0 radical (unpaired) electrons. The maximum absolute atomic E-state index is 13.0. The predicted octanol–water partition coefficient (Wildman–Crippen LogP) is 3.39. The van der Waals surface area contributed by atoms with Gasteiger partial charge in [-0.2, -0.15) is 0 Å². The average molecular weight is 360 g/mol. The third kappa shape index (κ3) is 4.14. The number of likely N-dealkylation sites (tertiary alicyclic amines) is 1. The molecule has 0 bridgehead atoms. The van der Waals surface area contributed by atoms with Gasteiger partial charge in [-0.1, -0.05) is 13.0 Å². The van der Waals surface area contributed by atoms with Crippen LogP contribution in [0.5, 0.6) is 11.5 Å². The molecule has 5 heteroatoms. The molecule has 2 saturated heterocycles. The predicted molar refractivity (Wildman–Crippen MR) is 103 cm³/mol. The third-order valence-electron chi connectivity index (χ3n) is 6.05. The molecule has 26 heavy (non-hydrogen) atoms. The topological polar surface area (TPSA) is 50.8 Å². The first-order valence-corrected chi connectivity index (χ1v) is 9.86. The van der Waals surface area contributed by atoms with Crippen LogP contribution in [-0.4, -0.2) is 44.7 Å². The van der Waals surface area contributed by atoms with Gasteiger partial charge in [-0.05, 0) is 68.3 Å². The monoisotopic (exact) mass is 360 g/mol. The summed E-state index contributed by atoms with van der Waals surface area (Å²) in [6.07, 6.45) is 5.12. The maximum atomic E-state index is 13.0. The van der Waals surface area contributed by atoms with Gasteiger partial charge in [0.15, 0.2) is 11.5 Å². The second-order valence-electron chi connectivity index (χ2n) is 7.63. The molecule has 1 amide bonds. The van der Waals surface area contributed by atoms with Crippen LogP contribution >= 0.6 is 0 Å². The van der Waals surface area contributed by atoms with E-state index in [1.807, 2.05) is 12.1 Å². The first-order chi connectivity index (χ1) is 12.6. The van der Waals surface area contributed by atoms with Crippen molar-refractivity contribution in [2.75, 3.05) is 33.9 Å². The summed E-state index contributed by atoms with van der Waals surface area (Å²) in [6.45, 7) is 5.27. The van der Waals surface area contributed by atoms with E-state index in [0.717, 1.165) is 49.5 Å². The van der Waals surface area contributed by atoms with E-state index in [9.17, 15) is 4.79 Å². The van der Waals surface area contributed by atoms with Crippen LogP contribution in [0.1, 0.15) is 50.6 Å². The number of hydrogen-bond acceptors (Lipinski definition) is 4. The summed E-state index contributed by atoms with van der Waals surface area (Å²) in [5.41, 5.74) is 1.14. The summed E-state index contributed by atoms with van der Waals surface area (Å²) in [4.78, 5) is 15.1. The molecular formula is C21H32N2O3. The van der Waals surface area contributed by atoms with Crippen molar-refractivity contribution in [2.24, 2.45) is 11.8 Å². The second-order valence-corrected chi connectivity index (χ2v) is 7.63. The number of benzene rings is 1. The summed E-state index contributed by atoms with van der Waals surface area (Å²) >= 11 is 0. The Morgan fingerprint density at radius 3 is 2.62 bits per heavy atom. The zero-order chi connectivity index (χ0) is 18.5. The zero-order valence-corrected chi connectivity index (χ0v) is 16.3. The molecule has 2 heterocycles. The van der Waals surface area contributed by atoms with E-state index in [1.165, 1.54) is 12.8 Å². The lowest BCUT2D eigenvalue weighted by Gasteiger charge is -2.31. The van der Waals surface area contributed by atoms with Gasteiger partial charge < -0.3 is 19.7 Å². The van der Waals surface area contributed by atoms with Gasteiger partial charge in [0, 0.05) is 13.0 Å². The van der Waals surface area contributed by atoms with Crippen LogP contribution in [0.3, 0.4) is 0 Å². The molecule has 1 N–H and O–H groups in total. The van der Waals surface area contributed by atoms with Gasteiger partial charge in [0.05, 0.1) is 20.3 Å². The van der Waals surface area contributed by atoms with Gasteiger partial charge in [0.2, 0.25) is 5.91 Å². The highest BCUT2D eigenvalue weighted by Crippen LogP contribution is 2.38. The molecule has 1 aromatic rings. The molecule has 5 nitrogen and oxygen atoms in total. The van der Waals surface area contributed by atoms with Crippen molar-refractivity contribution in [2.45, 2.75) is 45.1 Å². The van der Waals surface area contributed by atoms with Crippen LogP contribution in [0.25, 0.3) is 0 Å². The van der Waals surface area contributed by atoms with Crippen molar-refractivity contribution in [3.8, 4) is 11.5 Å². The number of carbonyl (C=O) groups excluding carboxylic acids is 1. The van der Waals surface area contributed by atoms with Gasteiger partial charge in [-0.25, -0.2) is 0 Å². The molecule has 0 saturated carbocycles. The minimum absolute atomic E-state index is 0.155. The Morgan fingerprint density at radius 2 is 1.92 bits per heavy atom. The lowest BCUT2D eigenvalue weighted by atomic mass is 9.84. The summed E-state index contributed by atoms with van der Waals surface area (Å²) in [7, 11) is 3.30. The fourth-order valence-corrected chi connectivity index (χ4v) is 4.44. The van der Waals surface area contributed by atoms with Gasteiger partial charge in [-0.15, -0.1) is 0 Å². The molecule has 0 aliphatic carbocycles. The Labute approximate surface area is 157 Å². The van der Waals surface area contributed by atoms with Crippen molar-refractivity contribution in [3.05, 3.63) is 23.8 Å². The van der Waals surface area contributed by atoms with E-state index in [0.29, 0.717) is 24.2 Å². The van der Waals surface area contributed by atoms with Crippen LogP contribution < -0.4 is 14.8 Å². The third-order valence-corrected chi connectivity index (χ3v) is 6.05. The quantitative estimate of drug-likeness (QED) is 0.845. The molecule has 2 fully saturated rings. The number of hydrogen-bond donors (Lipinski definition) is 1. The number of amides is 1. The molecule has 0 aromatic heterocycles. The van der Waals surface area contributed by atoms with E-state index in [2.05, 4.69) is 23.2 Å². The van der Waals surface area contributed by atoms with Crippen molar-refractivity contribution >= 4 is 5.91 Å². The van der Waals surface area contributed by atoms with E-state index >= 15 is 0 Å². The van der Waals surface area contributed by atoms with Crippen LogP contribution in [0.4, 0.5) is 0 Å². The molecule has 144 valence electrons. The summed E-state index contributed by atoms with van der Waals surface area (Å²) in [6, 6.07) is 6.17. The Hall–Kier alpha value is -1.75. The molecular weight excluding hydrogens is 328 g/mol. The zero-order valence-electron chi connectivity index (χ0n) is 16.3. The molecule has 0 spiro atoms. The molecule has 2 unspecified atom stereocenters. The summed E-state index contributed by atoms with van der Waals surface area (Å²) in [5.74, 6) is 2.88. The Morgan fingerprint density at radius 1 is 1.19 bits per heavy atom.